The standard InChI is InChI=1S/C22H32N4O/c1-4-11-25(3)20-18-7-5-6-8-19(18)22(21(20)27)9-12-26(13-10-22)15-17-14-23-16(2)24-17/h5-8,14,20-21,27H,4,9-13,15H2,1-3H3,(H,23,24)/t20-,21+/m1/s1. The number of piperidine rings is 1. The molecule has 1 aliphatic heterocycles. The van der Waals surface area contributed by atoms with Crippen molar-refractivity contribution in [2.45, 2.75) is 57.2 Å². The van der Waals surface area contributed by atoms with Gasteiger partial charge in [-0.15, -0.1) is 0 Å². The van der Waals surface area contributed by atoms with Crippen LogP contribution in [0.3, 0.4) is 0 Å². The second-order valence-corrected chi connectivity index (χ2v) is 8.38. The van der Waals surface area contributed by atoms with Crippen LogP contribution in [-0.2, 0) is 12.0 Å². The number of benzene rings is 1. The smallest absolute Gasteiger partial charge is 0.103 e. The lowest BCUT2D eigenvalue weighted by atomic mass is 9.72. The molecule has 2 aliphatic rings. The molecular weight excluding hydrogens is 336 g/mol. The molecular formula is C22H32N4O. The Morgan fingerprint density at radius 1 is 1.30 bits per heavy atom. The monoisotopic (exact) mass is 368 g/mol. The number of aryl methyl sites for hydroxylation is 1. The van der Waals surface area contributed by atoms with Crippen LogP contribution in [0, 0.1) is 6.92 Å². The van der Waals surface area contributed by atoms with Gasteiger partial charge in [0.1, 0.15) is 5.82 Å². The van der Waals surface area contributed by atoms with Gasteiger partial charge in [-0.25, -0.2) is 4.98 Å². The van der Waals surface area contributed by atoms with Gasteiger partial charge >= 0.3 is 0 Å². The van der Waals surface area contributed by atoms with Crippen molar-refractivity contribution < 1.29 is 5.11 Å². The van der Waals surface area contributed by atoms with Crippen LogP contribution in [0.4, 0.5) is 0 Å². The van der Waals surface area contributed by atoms with E-state index < -0.39 is 0 Å². The summed E-state index contributed by atoms with van der Waals surface area (Å²) in [4.78, 5) is 12.5. The maximum Gasteiger partial charge on any atom is 0.103 e. The van der Waals surface area contributed by atoms with E-state index in [-0.39, 0.29) is 17.6 Å². The Morgan fingerprint density at radius 2 is 2.04 bits per heavy atom. The molecule has 2 heterocycles. The van der Waals surface area contributed by atoms with Crippen LogP contribution in [0.1, 0.15) is 54.9 Å². The summed E-state index contributed by atoms with van der Waals surface area (Å²) in [7, 11) is 2.16. The fourth-order valence-electron chi connectivity index (χ4n) is 5.28. The highest BCUT2D eigenvalue weighted by Gasteiger charge is 2.53. The summed E-state index contributed by atoms with van der Waals surface area (Å²) >= 11 is 0. The van der Waals surface area contributed by atoms with Gasteiger partial charge in [0.2, 0.25) is 0 Å². The van der Waals surface area contributed by atoms with Crippen LogP contribution in [-0.4, -0.2) is 57.7 Å². The lowest BCUT2D eigenvalue weighted by Crippen LogP contribution is -2.49. The number of nitrogens with zero attached hydrogens (tertiary/aromatic N) is 3. The zero-order chi connectivity index (χ0) is 19.0. The largest absolute Gasteiger partial charge is 0.390 e. The summed E-state index contributed by atoms with van der Waals surface area (Å²) in [6.07, 6.45) is 4.73. The van der Waals surface area contributed by atoms with Crippen molar-refractivity contribution in [2.75, 3.05) is 26.7 Å². The zero-order valence-electron chi connectivity index (χ0n) is 16.8. The number of hydrogen-bond acceptors (Lipinski definition) is 4. The number of aliphatic hydroxyl groups is 1. The number of aliphatic hydroxyl groups excluding tert-OH is 1. The second-order valence-electron chi connectivity index (χ2n) is 8.38. The Labute approximate surface area is 162 Å². The number of rotatable bonds is 5. The fourth-order valence-corrected chi connectivity index (χ4v) is 5.28. The van der Waals surface area contributed by atoms with E-state index in [4.69, 9.17) is 0 Å². The maximum atomic E-state index is 11.5. The SMILES string of the molecule is CCCN(C)[C@@H]1c2ccccc2C2(CCN(Cc3cnc(C)[nH]3)CC2)[C@H]1O. The van der Waals surface area contributed by atoms with E-state index >= 15 is 0 Å². The van der Waals surface area contributed by atoms with E-state index in [1.165, 1.54) is 16.8 Å². The molecule has 5 nitrogen and oxygen atoms in total. The average Bonchev–Trinajstić information content (AvgIpc) is 3.17. The van der Waals surface area contributed by atoms with Crippen molar-refractivity contribution in [3.05, 3.63) is 53.1 Å². The Bertz CT molecular complexity index is 778. The molecule has 0 unspecified atom stereocenters. The molecule has 0 radical (unpaired) electrons. The number of H-pyrrole nitrogens is 1. The first-order chi connectivity index (χ1) is 13.0. The molecule has 1 spiro atoms. The Hall–Kier alpha value is -1.69. The molecule has 5 heteroatoms. The van der Waals surface area contributed by atoms with Crippen LogP contribution < -0.4 is 0 Å². The number of likely N-dealkylation sites (N-methyl/N-ethyl adjacent to an activating group) is 1. The molecule has 1 aromatic carbocycles. The molecule has 1 aliphatic carbocycles. The normalized spacial score (nSPS) is 24.6. The molecule has 0 amide bonds. The van der Waals surface area contributed by atoms with Gasteiger partial charge in [0.05, 0.1) is 12.1 Å². The topological polar surface area (TPSA) is 55.4 Å². The summed E-state index contributed by atoms with van der Waals surface area (Å²) in [6.45, 7) is 8.13. The number of likely N-dealkylation sites (tertiary alicyclic amines) is 1. The first kappa shape index (κ1) is 18.7. The second kappa shape index (κ2) is 7.38. The minimum atomic E-state index is -0.331. The third-order valence-electron chi connectivity index (χ3n) is 6.63. The minimum Gasteiger partial charge on any atom is -0.390 e. The molecule has 27 heavy (non-hydrogen) atoms. The first-order valence-corrected chi connectivity index (χ1v) is 10.3. The van der Waals surface area contributed by atoms with Gasteiger partial charge in [0.15, 0.2) is 0 Å². The van der Waals surface area contributed by atoms with Crippen LogP contribution in [0.5, 0.6) is 0 Å². The number of imidazole rings is 1. The van der Waals surface area contributed by atoms with E-state index in [9.17, 15) is 5.11 Å². The highest BCUT2D eigenvalue weighted by Crippen LogP contribution is 2.52. The quantitative estimate of drug-likeness (QED) is 0.852. The summed E-state index contributed by atoms with van der Waals surface area (Å²) in [5.41, 5.74) is 3.78. The van der Waals surface area contributed by atoms with Crippen molar-refractivity contribution in [3.63, 3.8) is 0 Å². The van der Waals surface area contributed by atoms with Crippen molar-refractivity contribution in [1.29, 1.82) is 0 Å². The summed E-state index contributed by atoms with van der Waals surface area (Å²) < 4.78 is 0. The van der Waals surface area contributed by atoms with Crippen LogP contribution in [0.25, 0.3) is 0 Å². The maximum absolute atomic E-state index is 11.5. The van der Waals surface area contributed by atoms with Crippen molar-refractivity contribution >= 4 is 0 Å². The van der Waals surface area contributed by atoms with Crippen LogP contribution in [0.15, 0.2) is 30.5 Å². The molecule has 0 saturated carbocycles. The Balaban J connectivity index is 1.54. The zero-order valence-corrected chi connectivity index (χ0v) is 16.8. The first-order valence-electron chi connectivity index (χ1n) is 10.3. The van der Waals surface area contributed by atoms with Gasteiger partial charge < -0.3 is 10.1 Å². The molecule has 2 N–H and O–H groups in total. The Morgan fingerprint density at radius 3 is 2.70 bits per heavy atom. The predicted molar refractivity (Wildman–Crippen MR) is 108 cm³/mol. The van der Waals surface area contributed by atoms with E-state index in [1.54, 1.807) is 0 Å². The lowest BCUT2D eigenvalue weighted by molar-refractivity contribution is -0.00980. The van der Waals surface area contributed by atoms with Gasteiger partial charge in [0, 0.05) is 23.9 Å². The third-order valence-corrected chi connectivity index (χ3v) is 6.63. The Kier molecular flexibility index (Phi) is 5.10. The van der Waals surface area contributed by atoms with Crippen LogP contribution >= 0.6 is 0 Å². The molecule has 0 bridgehead atoms. The van der Waals surface area contributed by atoms with E-state index in [0.29, 0.717) is 0 Å². The summed E-state index contributed by atoms with van der Waals surface area (Å²) in [6, 6.07) is 8.85. The van der Waals surface area contributed by atoms with Crippen molar-refractivity contribution in [3.8, 4) is 0 Å². The van der Waals surface area contributed by atoms with Gasteiger partial charge in [-0.2, -0.15) is 0 Å². The number of nitrogens with one attached hydrogen (secondary N) is 1. The van der Waals surface area contributed by atoms with Crippen molar-refractivity contribution in [1.82, 2.24) is 19.8 Å². The summed E-state index contributed by atoms with van der Waals surface area (Å²) in [5.74, 6) is 0.973. The highest BCUT2D eigenvalue weighted by molar-refractivity contribution is 5.45. The number of aromatic nitrogens is 2. The van der Waals surface area contributed by atoms with Crippen molar-refractivity contribution in [2.24, 2.45) is 0 Å². The number of aromatic amines is 1. The fraction of sp³-hybridized carbons (Fsp3) is 0.591. The number of fused-ring (bicyclic) bond motifs is 2. The third kappa shape index (κ3) is 3.22. The van der Waals surface area contributed by atoms with Gasteiger partial charge in [-0.1, -0.05) is 31.2 Å². The molecule has 1 saturated heterocycles. The van der Waals surface area contributed by atoms with Gasteiger partial charge in [-0.05, 0) is 64.0 Å². The highest BCUT2D eigenvalue weighted by atomic mass is 16.3. The summed E-state index contributed by atoms with van der Waals surface area (Å²) in [5, 5.41) is 11.5. The molecule has 2 atom stereocenters. The van der Waals surface area contributed by atoms with Crippen LogP contribution in [0.2, 0.25) is 0 Å². The molecule has 4 rings (SSSR count). The average molecular weight is 369 g/mol. The lowest BCUT2D eigenvalue weighted by Gasteiger charge is -2.43. The predicted octanol–water partition coefficient (Wildman–Crippen LogP) is 3.01. The molecule has 1 aromatic heterocycles. The molecule has 2 aromatic rings. The van der Waals surface area contributed by atoms with E-state index in [1.807, 2.05) is 13.1 Å². The molecule has 1 fully saturated rings. The number of hydrogen-bond donors (Lipinski definition) is 2. The van der Waals surface area contributed by atoms with E-state index in [0.717, 1.165) is 51.3 Å². The van der Waals surface area contributed by atoms with Gasteiger partial charge in [-0.3, -0.25) is 9.80 Å². The molecule has 146 valence electrons. The minimum absolute atomic E-state index is 0.107. The van der Waals surface area contributed by atoms with E-state index in [2.05, 4.69) is 58.0 Å². The van der Waals surface area contributed by atoms with Gasteiger partial charge in [0.25, 0.3) is 0 Å².